The summed E-state index contributed by atoms with van der Waals surface area (Å²) in [7, 11) is 5.03. The molecule has 0 bridgehead atoms. The number of rotatable bonds is 3. The average molecular weight is 386 g/mol. The van der Waals surface area contributed by atoms with Gasteiger partial charge in [0.05, 0.1) is 24.4 Å². The summed E-state index contributed by atoms with van der Waals surface area (Å²) < 4.78 is 24.8. The number of amides is 1. The molecule has 7 nitrogen and oxygen atoms in total. The highest BCUT2D eigenvalue weighted by molar-refractivity contribution is 7.16. The third-order valence-corrected chi connectivity index (χ3v) is 5.40. The number of methoxy groups -OCH3 is 2. The number of benzene rings is 2. The number of ether oxygens (including phenoxy) is 4. The molecule has 8 heteroatoms. The van der Waals surface area contributed by atoms with Crippen LogP contribution in [0.15, 0.2) is 41.4 Å². The molecule has 2 aromatic carbocycles. The van der Waals surface area contributed by atoms with E-state index < -0.39 is 6.10 Å². The average Bonchev–Trinajstić information content (AvgIpc) is 3.01. The number of carbonyl (C=O) groups excluding carboxylic acids is 1. The Balaban J connectivity index is 1.68. The Morgan fingerprint density at radius 3 is 2.63 bits per heavy atom. The monoisotopic (exact) mass is 386 g/mol. The van der Waals surface area contributed by atoms with E-state index in [2.05, 4.69) is 4.99 Å². The summed E-state index contributed by atoms with van der Waals surface area (Å²) >= 11 is 1.39. The molecule has 0 N–H and O–H groups in total. The minimum Gasteiger partial charge on any atom is -0.493 e. The number of carbonyl (C=O) groups is 1. The van der Waals surface area contributed by atoms with Gasteiger partial charge in [-0.2, -0.15) is 4.99 Å². The first-order valence-corrected chi connectivity index (χ1v) is 9.11. The minimum absolute atomic E-state index is 0.135. The molecule has 3 aromatic rings. The van der Waals surface area contributed by atoms with Gasteiger partial charge in [-0.15, -0.1) is 0 Å². The third kappa shape index (κ3) is 3.12. The first kappa shape index (κ1) is 17.4. The van der Waals surface area contributed by atoms with Crippen LogP contribution in [0.3, 0.4) is 0 Å². The molecule has 0 spiro atoms. The molecule has 1 atom stereocenters. The summed E-state index contributed by atoms with van der Waals surface area (Å²) in [5.74, 6) is 2.05. The molecule has 0 aliphatic carbocycles. The van der Waals surface area contributed by atoms with Crippen LogP contribution in [0, 0.1) is 0 Å². The number of aryl methyl sites for hydroxylation is 1. The van der Waals surface area contributed by atoms with Crippen molar-refractivity contribution in [1.29, 1.82) is 0 Å². The molecule has 1 aliphatic rings. The predicted molar refractivity (Wildman–Crippen MR) is 101 cm³/mol. The smallest absolute Gasteiger partial charge is 0.292 e. The van der Waals surface area contributed by atoms with Crippen molar-refractivity contribution in [1.82, 2.24) is 4.57 Å². The Labute approximate surface area is 159 Å². The number of aromatic nitrogens is 1. The van der Waals surface area contributed by atoms with Gasteiger partial charge < -0.3 is 23.5 Å². The lowest BCUT2D eigenvalue weighted by molar-refractivity contribution is -0.127. The molecule has 0 radical (unpaired) electrons. The van der Waals surface area contributed by atoms with Gasteiger partial charge >= 0.3 is 0 Å². The van der Waals surface area contributed by atoms with Crippen LogP contribution in [0.1, 0.15) is 0 Å². The van der Waals surface area contributed by atoms with Gasteiger partial charge in [0.1, 0.15) is 6.61 Å². The molecular formula is C19H18N2O5S. The Bertz CT molecular complexity index is 1090. The lowest BCUT2D eigenvalue weighted by atomic mass is 10.2. The van der Waals surface area contributed by atoms with E-state index in [1.54, 1.807) is 26.4 Å². The van der Waals surface area contributed by atoms with E-state index in [0.29, 0.717) is 27.8 Å². The van der Waals surface area contributed by atoms with Crippen molar-refractivity contribution >= 4 is 27.5 Å². The molecule has 0 fully saturated rings. The Hall–Kier alpha value is -3.00. The molecule has 4 rings (SSSR count). The van der Waals surface area contributed by atoms with Crippen molar-refractivity contribution in [3.63, 3.8) is 0 Å². The van der Waals surface area contributed by atoms with Gasteiger partial charge in [0.25, 0.3) is 5.91 Å². The van der Waals surface area contributed by atoms with Gasteiger partial charge in [0.2, 0.25) is 6.10 Å². The second kappa shape index (κ2) is 6.96. The third-order valence-electron chi connectivity index (χ3n) is 4.30. The number of fused-ring (bicyclic) bond motifs is 2. The van der Waals surface area contributed by atoms with Crippen LogP contribution >= 0.6 is 11.3 Å². The second-order valence-electron chi connectivity index (χ2n) is 5.93. The number of thiazole rings is 1. The number of hydrogen-bond donors (Lipinski definition) is 0. The first-order valence-electron chi connectivity index (χ1n) is 8.29. The first-order chi connectivity index (χ1) is 13.1. The zero-order valence-corrected chi connectivity index (χ0v) is 15.9. The van der Waals surface area contributed by atoms with E-state index in [0.717, 1.165) is 10.2 Å². The maximum atomic E-state index is 12.6. The molecule has 1 aromatic heterocycles. The number of para-hydroxylation sites is 2. The Kier molecular flexibility index (Phi) is 4.49. The highest BCUT2D eigenvalue weighted by Crippen LogP contribution is 2.33. The van der Waals surface area contributed by atoms with Crippen LogP contribution in [0.5, 0.6) is 23.0 Å². The Morgan fingerprint density at radius 2 is 1.89 bits per heavy atom. The summed E-state index contributed by atoms with van der Waals surface area (Å²) in [6.07, 6.45) is -0.769. The molecule has 0 saturated heterocycles. The minimum atomic E-state index is -0.769. The van der Waals surface area contributed by atoms with E-state index in [1.807, 2.05) is 35.9 Å². The molecule has 1 amide bonds. The topological polar surface area (TPSA) is 71.3 Å². The summed E-state index contributed by atoms with van der Waals surface area (Å²) in [6, 6.07) is 11.0. The van der Waals surface area contributed by atoms with Crippen LogP contribution in [0.4, 0.5) is 0 Å². The van der Waals surface area contributed by atoms with Crippen molar-refractivity contribution in [3.05, 3.63) is 41.2 Å². The van der Waals surface area contributed by atoms with Crippen molar-refractivity contribution in [3.8, 4) is 23.0 Å². The van der Waals surface area contributed by atoms with Gasteiger partial charge in [-0.3, -0.25) is 4.79 Å². The fourth-order valence-corrected chi connectivity index (χ4v) is 3.90. The van der Waals surface area contributed by atoms with Gasteiger partial charge in [0.15, 0.2) is 27.8 Å². The second-order valence-corrected chi connectivity index (χ2v) is 6.94. The highest BCUT2D eigenvalue weighted by atomic mass is 32.1. The van der Waals surface area contributed by atoms with Gasteiger partial charge in [-0.1, -0.05) is 23.5 Å². The highest BCUT2D eigenvalue weighted by Gasteiger charge is 2.27. The zero-order valence-electron chi connectivity index (χ0n) is 15.1. The van der Waals surface area contributed by atoms with Crippen molar-refractivity contribution < 1.29 is 23.7 Å². The van der Waals surface area contributed by atoms with Crippen molar-refractivity contribution in [2.45, 2.75) is 6.10 Å². The molecule has 1 aliphatic heterocycles. The number of nitrogens with zero attached hydrogens (tertiary/aromatic N) is 2. The fraction of sp³-hybridized carbons (Fsp3) is 0.263. The van der Waals surface area contributed by atoms with Gasteiger partial charge in [0, 0.05) is 19.2 Å². The molecular weight excluding hydrogens is 368 g/mol. The zero-order chi connectivity index (χ0) is 19.0. The largest absolute Gasteiger partial charge is 0.493 e. The maximum Gasteiger partial charge on any atom is 0.292 e. The lowest BCUT2D eigenvalue weighted by Gasteiger charge is -2.23. The van der Waals surface area contributed by atoms with Crippen LogP contribution in [0.25, 0.3) is 10.2 Å². The van der Waals surface area contributed by atoms with Crippen LogP contribution in [0.2, 0.25) is 0 Å². The predicted octanol–water partition coefficient (Wildman–Crippen LogP) is 2.52. The van der Waals surface area contributed by atoms with E-state index >= 15 is 0 Å². The fourth-order valence-electron chi connectivity index (χ4n) is 2.87. The summed E-state index contributed by atoms with van der Waals surface area (Å²) in [5.41, 5.74) is 0.898. The van der Waals surface area contributed by atoms with E-state index in [-0.39, 0.29) is 12.5 Å². The van der Waals surface area contributed by atoms with Crippen LogP contribution in [-0.4, -0.2) is 37.4 Å². The van der Waals surface area contributed by atoms with E-state index in [4.69, 9.17) is 18.9 Å². The summed E-state index contributed by atoms with van der Waals surface area (Å²) in [5, 5.41) is 0. The van der Waals surface area contributed by atoms with E-state index in [1.165, 1.54) is 11.3 Å². The van der Waals surface area contributed by atoms with Gasteiger partial charge in [-0.05, 0) is 12.1 Å². The molecule has 2 heterocycles. The molecule has 27 heavy (non-hydrogen) atoms. The Morgan fingerprint density at radius 1 is 1.19 bits per heavy atom. The molecule has 0 saturated carbocycles. The summed E-state index contributed by atoms with van der Waals surface area (Å²) in [4.78, 5) is 17.4. The van der Waals surface area contributed by atoms with Crippen molar-refractivity contribution in [2.75, 3.05) is 20.8 Å². The van der Waals surface area contributed by atoms with Crippen LogP contribution < -0.4 is 23.7 Å². The molecule has 1 unspecified atom stereocenters. The van der Waals surface area contributed by atoms with Crippen molar-refractivity contribution in [2.24, 2.45) is 12.0 Å². The molecule has 140 valence electrons. The quantitative estimate of drug-likeness (QED) is 0.692. The lowest BCUT2D eigenvalue weighted by Crippen LogP contribution is -2.36. The van der Waals surface area contributed by atoms with Gasteiger partial charge in [-0.25, -0.2) is 0 Å². The summed E-state index contributed by atoms with van der Waals surface area (Å²) in [6.45, 7) is 0.135. The van der Waals surface area contributed by atoms with E-state index in [9.17, 15) is 4.79 Å². The normalized spacial score (nSPS) is 16.4. The standard InChI is InChI=1S/C19H18N2O5S/c1-21-11-8-14(23-2)15(24-3)9-17(11)27-19(21)20-18(22)16-10-25-12-6-4-5-7-13(12)26-16/h4-9,16H,10H2,1-3H3. The van der Waals surface area contributed by atoms with Crippen LogP contribution in [-0.2, 0) is 11.8 Å². The SMILES string of the molecule is COc1cc2sc(=NC(=O)C3COc4ccccc4O3)n(C)c2cc1OC. The number of hydrogen-bond acceptors (Lipinski definition) is 6. The maximum absolute atomic E-state index is 12.6.